The summed E-state index contributed by atoms with van der Waals surface area (Å²) in [5, 5.41) is 0. The molecular formula is C13H20N4O3. The van der Waals surface area contributed by atoms with Gasteiger partial charge < -0.3 is 20.4 Å². The Bertz CT molecular complexity index is 492. The summed E-state index contributed by atoms with van der Waals surface area (Å²) in [5.74, 6) is -1.01. The van der Waals surface area contributed by atoms with E-state index in [0.717, 1.165) is 5.69 Å². The Morgan fingerprint density at radius 2 is 2.15 bits per heavy atom. The maximum atomic E-state index is 12.1. The van der Waals surface area contributed by atoms with E-state index in [1.54, 1.807) is 33.3 Å². The molecule has 1 aromatic rings. The van der Waals surface area contributed by atoms with Gasteiger partial charge in [0.1, 0.15) is 5.60 Å². The predicted octanol–water partition coefficient (Wildman–Crippen LogP) is 0.845. The Balaban J connectivity index is 2.12. The number of aromatic nitrogens is 2. The van der Waals surface area contributed by atoms with E-state index < -0.39 is 23.5 Å². The molecule has 0 unspecified atom stereocenters. The summed E-state index contributed by atoms with van der Waals surface area (Å²) in [6.45, 7) is 6.08. The van der Waals surface area contributed by atoms with Crippen molar-refractivity contribution >= 4 is 12.0 Å². The summed E-state index contributed by atoms with van der Waals surface area (Å²) in [6, 6.07) is 0. The van der Waals surface area contributed by atoms with E-state index in [-0.39, 0.29) is 12.5 Å². The first-order valence-electron chi connectivity index (χ1n) is 6.53. The van der Waals surface area contributed by atoms with E-state index >= 15 is 0 Å². The highest BCUT2D eigenvalue weighted by molar-refractivity contribution is 5.80. The van der Waals surface area contributed by atoms with Crippen LogP contribution >= 0.6 is 0 Å². The van der Waals surface area contributed by atoms with Crippen LogP contribution in [-0.2, 0) is 9.53 Å². The molecule has 2 rings (SSSR count). The number of primary amides is 1. The highest BCUT2D eigenvalue weighted by atomic mass is 16.6. The van der Waals surface area contributed by atoms with Crippen molar-refractivity contribution in [1.82, 2.24) is 14.9 Å². The second-order valence-corrected chi connectivity index (χ2v) is 6.01. The van der Waals surface area contributed by atoms with Crippen LogP contribution in [0, 0.1) is 5.92 Å². The molecule has 2 atom stereocenters. The van der Waals surface area contributed by atoms with Crippen LogP contribution in [0.25, 0.3) is 0 Å². The molecule has 110 valence electrons. The van der Waals surface area contributed by atoms with Gasteiger partial charge >= 0.3 is 6.09 Å². The zero-order valence-electron chi connectivity index (χ0n) is 11.9. The number of H-pyrrole nitrogens is 1. The third kappa shape index (κ3) is 3.09. The van der Waals surface area contributed by atoms with Crippen molar-refractivity contribution in [2.24, 2.45) is 11.7 Å². The average molecular weight is 280 g/mol. The quantitative estimate of drug-likeness (QED) is 0.838. The van der Waals surface area contributed by atoms with E-state index in [1.165, 1.54) is 4.90 Å². The molecule has 1 fully saturated rings. The van der Waals surface area contributed by atoms with E-state index in [1.807, 2.05) is 0 Å². The van der Waals surface area contributed by atoms with Gasteiger partial charge in [-0.1, -0.05) is 0 Å². The molecule has 0 spiro atoms. The molecular weight excluding hydrogens is 260 g/mol. The van der Waals surface area contributed by atoms with Crippen LogP contribution in [0.1, 0.15) is 32.4 Å². The Morgan fingerprint density at radius 1 is 1.45 bits per heavy atom. The maximum Gasteiger partial charge on any atom is 0.410 e. The molecule has 7 heteroatoms. The summed E-state index contributed by atoms with van der Waals surface area (Å²) >= 11 is 0. The standard InChI is InChI=1S/C13H20N4O3/c1-13(2,3)20-12(19)17-5-8(9(6-17)11(14)18)10-4-15-7-16-10/h4,7-9H,5-6H2,1-3H3,(H2,14,18)(H,15,16)/t8-,9+/m1/s1. The Hall–Kier alpha value is -2.05. The second kappa shape index (κ2) is 5.15. The van der Waals surface area contributed by atoms with Crippen molar-refractivity contribution in [2.75, 3.05) is 13.1 Å². The van der Waals surface area contributed by atoms with Gasteiger partial charge in [0, 0.05) is 30.9 Å². The van der Waals surface area contributed by atoms with E-state index in [2.05, 4.69) is 9.97 Å². The van der Waals surface area contributed by atoms with Gasteiger partial charge in [0.2, 0.25) is 5.91 Å². The van der Waals surface area contributed by atoms with Crippen LogP contribution in [0.5, 0.6) is 0 Å². The summed E-state index contributed by atoms with van der Waals surface area (Å²) in [5.41, 5.74) is 5.67. The summed E-state index contributed by atoms with van der Waals surface area (Å²) < 4.78 is 5.32. The van der Waals surface area contributed by atoms with Gasteiger partial charge in [-0.15, -0.1) is 0 Å². The molecule has 2 heterocycles. The Kier molecular flexibility index (Phi) is 3.69. The topological polar surface area (TPSA) is 101 Å². The van der Waals surface area contributed by atoms with Crippen LogP contribution in [0.2, 0.25) is 0 Å². The van der Waals surface area contributed by atoms with Gasteiger partial charge in [-0.3, -0.25) is 4.79 Å². The number of carbonyl (C=O) groups is 2. The van der Waals surface area contributed by atoms with Gasteiger partial charge in [-0.05, 0) is 20.8 Å². The molecule has 1 saturated heterocycles. The first-order chi connectivity index (χ1) is 9.28. The zero-order valence-corrected chi connectivity index (χ0v) is 11.9. The number of carbonyl (C=O) groups excluding carboxylic acids is 2. The fourth-order valence-electron chi connectivity index (χ4n) is 2.35. The number of ether oxygens (including phenoxy) is 1. The Labute approximate surface area is 117 Å². The van der Waals surface area contributed by atoms with Gasteiger partial charge in [0.15, 0.2) is 0 Å². The van der Waals surface area contributed by atoms with Crippen molar-refractivity contribution < 1.29 is 14.3 Å². The molecule has 0 aliphatic carbocycles. The molecule has 2 amide bonds. The van der Waals surface area contributed by atoms with Crippen molar-refractivity contribution in [3.8, 4) is 0 Å². The molecule has 1 aromatic heterocycles. The first-order valence-corrected chi connectivity index (χ1v) is 6.53. The fraction of sp³-hybridized carbons (Fsp3) is 0.615. The summed E-state index contributed by atoms with van der Waals surface area (Å²) in [4.78, 5) is 32.1. The van der Waals surface area contributed by atoms with Crippen molar-refractivity contribution in [2.45, 2.75) is 32.3 Å². The van der Waals surface area contributed by atoms with Crippen molar-refractivity contribution in [3.05, 3.63) is 18.2 Å². The van der Waals surface area contributed by atoms with Crippen LogP contribution in [0.15, 0.2) is 12.5 Å². The molecule has 7 nitrogen and oxygen atoms in total. The predicted molar refractivity (Wildman–Crippen MR) is 71.8 cm³/mol. The Morgan fingerprint density at radius 3 is 2.65 bits per heavy atom. The minimum absolute atomic E-state index is 0.164. The number of hydrogen-bond acceptors (Lipinski definition) is 4. The summed E-state index contributed by atoms with van der Waals surface area (Å²) in [7, 11) is 0. The molecule has 1 aliphatic heterocycles. The minimum atomic E-state index is -0.564. The highest BCUT2D eigenvalue weighted by Crippen LogP contribution is 2.32. The maximum absolute atomic E-state index is 12.1. The monoisotopic (exact) mass is 280 g/mol. The molecule has 3 N–H and O–H groups in total. The smallest absolute Gasteiger partial charge is 0.410 e. The third-order valence-corrected chi connectivity index (χ3v) is 3.26. The van der Waals surface area contributed by atoms with Gasteiger partial charge in [0.05, 0.1) is 12.2 Å². The molecule has 0 bridgehead atoms. The average Bonchev–Trinajstić information content (AvgIpc) is 2.95. The lowest BCUT2D eigenvalue weighted by atomic mass is 9.93. The fourth-order valence-corrected chi connectivity index (χ4v) is 2.35. The third-order valence-electron chi connectivity index (χ3n) is 3.26. The number of likely N-dealkylation sites (tertiary alicyclic amines) is 1. The zero-order chi connectivity index (χ0) is 14.9. The van der Waals surface area contributed by atoms with E-state index in [4.69, 9.17) is 10.5 Å². The number of rotatable bonds is 2. The van der Waals surface area contributed by atoms with E-state index in [0.29, 0.717) is 6.54 Å². The number of hydrogen-bond donors (Lipinski definition) is 2. The number of nitrogens with one attached hydrogen (secondary N) is 1. The number of nitrogens with zero attached hydrogens (tertiary/aromatic N) is 2. The molecule has 0 saturated carbocycles. The van der Waals surface area contributed by atoms with Crippen molar-refractivity contribution in [1.29, 1.82) is 0 Å². The SMILES string of the molecule is CC(C)(C)OC(=O)N1C[C@H](C(N)=O)[C@H](c2cnc[nH]2)C1. The van der Waals surface area contributed by atoms with Crippen LogP contribution in [0.3, 0.4) is 0 Å². The van der Waals surface area contributed by atoms with Gasteiger partial charge in [-0.2, -0.15) is 0 Å². The minimum Gasteiger partial charge on any atom is -0.444 e. The second-order valence-electron chi connectivity index (χ2n) is 6.01. The number of nitrogens with two attached hydrogens (primary N) is 1. The molecule has 0 radical (unpaired) electrons. The lowest BCUT2D eigenvalue weighted by Crippen LogP contribution is -2.36. The van der Waals surface area contributed by atoms with Gasteiger partial charge in [0.25, 0.3) is 0 Å². The van der Waals surface area contributed by atoms with E-state index in [9.17, 15) is 9.59 Å². The molecule has 0 aromatic carbocycles. The van der Waals surface area contributed by atoms with Crippen LogP contribution in [0.4, 0.5) is 4.79 Å². The van der Waals surface area contributed by atoms with Crippen LogP contribution in [-0.4, -0.2) is 45.6 Å². The van der Waals surface area contributed by atoms with Gasteiger partial charge in [-0.25, -0.2) is 9.78 Å². The largest absolute Gasteiger partial charge is 0.444 e. The lowest BCUT2D eigenvalue weighted by Gasteiger charge is -2.24. The van der Waals surface area contributed by atoms with Crippen LogP contribution < -0.4 is 5.73 Å². The molecule has 20 heavy (non-hydrogen) atoms. The lowest BCUT2D eigenvalue weighted by molar-refractivity contribution is -0.121. The van der Waals surface area contributed by atoms with Crippen molar-refractivity contribution in [3.63, 3.8) is 0 Å². The summed E-state index contributed by atoms with van der Waals surface area (Å²) in [6.07, 6.45) is 2.77. The highest BCUT2D eigenvalue weighted by Gasteiger charge is 2.41. The first kappa shape index (κ1) is 14.4. The molecule has 1 aliphatic rings. The normalized spacial score (nSPS) is 22.9. The number of imidazole rings is 1. The number of aromatic amines is 1. The number of amides is 2.